The number of phenolic OH excluding ortho intramolecular Hbond substituents is 1. The van der Waals surface area contributed by atoms with Gasteiger partial charge in [-0.25, -0.2) is 0 Å². The highest BCUT2D eigenvalue weighted by molar-refractivity contribution is 5.25. The number of nitrogens with one attached hydrogen (secondary N) is 1. The van der Waals surface area contributed by atoms with E-state index in [0.717, 1.165) is 12.1 Å². The Kier molecular flexibility index (Phi) is 3.36. The van der Waals surface area contributed by atoms with Gasteiger partial charge in [-0.2, -0.15) is 0 Å². The molecule has 0 heterocycles. The number of rotatable bonds is 3. The normalized spacial score (nSPS) is 12.0. The van der Waals surface area contributed by atoms with Crippen LogP contribution in [0.2, 0.25) is 0 Å². The number of aromatic hydroxyl groups is 1. The fraction of sp³-hybridized carbons (Fsp3) is 0.273. The largest absolute Gasteiger partial charge is 0.508 e. The lowest BCUT2D eigenvalue weighted by molar-refractivity contribution is 0.475. The van der Waals surface area contributed by atoms with Gasteiger partial charge < -0.3 is 5.11 Å². The third-order valence-corrected chi connectivity index (χ3v) is 1.80. The Labute approximate surface area is 78.6 Å². The summed E-state index contributed by atoms with van der Waals surface area (Å²) < 4.78 is 0. The van der Waals surface area contributed by atoms with Crippen molar-refractivity contribution in [3.63, 3.8) is 0 Å². The zero-order valence-corrected chi connectivity index (χ0v) is 7.62. The summed E-state index contributed by atoms with van der Waals surface area (Å²) in [6, 6.07) is 7.14. The molecule has 0 aliphatic heterocycles. The number of phenols is 1. The van der Waals surface area contributed by atoms with Gasteiger partial charge in [0.15, 0.2) is 0 Å². The van der Waals surface area contributed by atoms with Crippen LogP contribution in [-0.4, -0.2) is 11.1 Å². The molecule has 1 aromatic carbocycles. The monoisotopic (exact) mass is 175 g/mol. The van der Waals surface area contributed by atoms with Crippen LogP contribution in [0.3, 0.4) is 0 Å². The van der Waals surface area contributed by atoms with Gasteiger partial charge in [0.2, 0.25) is 0 Å². The standard InChI is InChI=1S/C11H13NO/c1-3-9(2)12-8-10-4-6-11(13)7-5-10/h1,4-7,9,12-13H,8H2,2H3. The van der Waals surface area contributed by atoms with Crippen molar-refractivity contribution >= 4 is 0 Å². The molecule has 0 aliphatic rings. The van der Waals surface area contributed by atoms with E-state index < -0.39 is 0 Å². The quantitative estimate of drug-likeness (QED) is 0.682. The van der Waals surface area contributed by atoms with Crippen molar-refractivity contribution in [1.82, 2.24) is 5.32 Å². The maximum atomic E-state index is 9.03. The van der Waals surface area contributed by atoms with E-state index in [4.69, 9.17) is 11.5 Å². The predicted molar refractivity (Wildman–Crippen MR) is 53.2 cm³/mol. The topological polar surface area (TPSA) is 32.3 Å². The second-order valence-electron chi connectivity index (χ2n) is 2.94. The molecule has 68 valence electrons. The van der Waals surface area contributed by atoms with Crippen molar-refractivity contribution in [2.45, 2.75) is 19.5 Å². The summed E-state index contributed by atoms with van der Waals surface area (Å²) in [5, 5.41) is 12.2. The molecule has 0 radical (unpaired) electrons. The van der Waals surface area contributed by atoms with Crippen LogP contribution >= 0.6 is 0 Å². The minimum absolute atomic E-state index is 0.0776. The number of hydrogen-bond acceptors (Lipinski definition) is 2. The van der Waals surface area contributed by atoms with Gasteiger partial charge in [-0.3, -0.25) is 5.32 Å². The van der Waals surface area contributed by atoms with E-state index in [9.17, 15) is 0 Å². The molecule has 1 aromatic rings. The number of hydrogen-bond donors (Lipinski definition) is 2. The number of terminal acetylenes is 1. The summed E-state index contributed by atoms with van der Waals surface area (Å²) >= 11 is 0. The first kappa shape index (κ1) is 9.63. The third-order valence-electron chi connectivity index (χ3n) is 1.80. The molecule has 13 heavy (non-hydrogen) atoms. The zero-order valence-electron chi connectivity index (χ0n) is 7.62. The molecule has 1 unspecified atom stereocenters. The van der Waals surface area contributed by atoms with Crippen LogP contribution in [-0.2, 0) is 6.54 Å². The van der Waals surface area contributed by atoms with Gasteiger partial charge in [0.25, 0.3) is 0 Å². The zero-order chi connectivity index (χ0) is 9.68. The van der Waals surface area contributed by atoms with E-state index in [2.05, 4.69) is 11.2 Å². The maximum Gasteiger partial charge on any atom is 0.115 e. The van der Waals surface area contributed by atoms with Crippen LogP contribution in [0.1, 0.15) is 12.5 Å². The predicted octanol–water partition coefficient (Wildman–Crippen LogP) is 1.50. The van der Waals surface area contributed by atoms with E-state index in [-0.39, 0.29) is 11.8 Å². The van der Waals surface area contributed by atoms with Gasteiger partial charge in [-0.05, 0) is 24.6 Å². The Morgan fingerprint density at radius 1 is 1.46 bits per heavy atom. The average molecular weight is 175 g/mol. The molecule has 0 saturated heterocycles. The van der Waals surface area contributed by atoms with Crippen LogP contribution in [0, 0.1) is 12.3 Å². The first-order valence-corrected chi connectivity index (χ1v) is 4.20. The van der Waals surface area contributed by atoms with Gasteiger partial charge in [0.1, 0.15) is 5.75 Å². The first-order valence-electron chi connectivity index (χ1n) is 4.20. The van der Waals surface area contributed by atoms with Crippen LogP contribution in [0.25, 0.3) is 0 Å². The summed E-state index contributed by atoms with van der Waals surface area (Å²) in [5.41, 5.74) is 1.11. The second kappa shape index (κ2) is 4.54. The molecule has 0 aliphatic carbocycles. The minimum atomic E-state index is 0.0776. The summed E-state index contributed by atoms with van der Waals surface area (Å²) in [7, 11) is 0. The van der Waals surface area contributed by atoms with E-state index in [0.29, 0.717) is 0 Å². The van der Waals surface area contributed by atoms with Gasteiger partial charge in [0.05, 0.1) is 6.04 Å². The molecular formula is C11H13NO. The minimum Gasteiger partial charge on any atom is -0.508 e. The highest BCUT2D eigenvalue weighted by atomic mass is 16.3. The van der Waals surface area contributed by atoms with Gasteiger partial charge >= 0.3 is 0 Å². The van der Waals surface area contributed by atoms with E-state index in [1.807, 2.05) is 19.1 Å². The molecule has 0 aromatic heterocycles. The molecule has 0 saturated carbocycles. The third kappa shape index (κ3) is 3.18. The van der Waals surface area contributed by atoms with Crippen molar-refractivity contribution in [3.8, 4) is 18.1 Å². The maximum absolute atomic E-state index is 9.03. The molecule has 2 N–H and O–H groups in total. The fourth-order valence-corrected chi connectivity index (χ4v) is 0.944. The smallest absolute Gasteiger partial charge is 0.115 e. The number of benzene rings is 1. The highest BCUT2D eigenvalue weighted by Crippen LogP contribution is 2.09. The van der Waals surface area contributed by atoms with Crippen molar-refractivity contribution < 1.29 is 5.11 Å². The van der Waals surface area contributed by atoms with Crippen LogP contribution in [0.15, 0.2) is 24.3 Å². The summed E-state index contributed by atoms with van der Waals surface area (Å²) in [4.78, 5) is 0. The van der Waals surface area contributed by atoms with Crippen LogP contribution < -0.4 is 5.32 Å². The van der Waals surface area contributed by atoms with Crippen LogP contribution in [0.5, 0.6) is 5.75 Å². The fourth-order valence-electron chi connectivity index (χ4n) is 0.944. The Morgan fingerprint density at radius 2 is 2.08 bits per heavy atom. The van der Waals surface area contributed by atoms with Gasteiger partial charge in [-0.15, -0.1) is 6.42 Å². The van der Waals surface area contributed by atoms with Gasteiger partial charge in [-0.1, -0.05) is 18.1 Å². The molecule has 2 heteroatoms. The molecular weight excluding hydrogens is 162 g/mol. The summed E-state index contributed by atoms with van der Waals surface area (Å²) in [6.07, 6.45) is 5.21. The van der Waals surface area contributed by atoms with E-state index >= 15 is 0 Å². The average Bonchev–Trinajstić information content (AvgIpc) is 2.16. The van der Waals surface area contributed by atoms with Gasteiger partial charge in [0, 0.05) is 6.54 Å². The van der Waals surface area contributed by atoms with Crippen molar-refractivity contribution in [3.05, 3.63) is 29.8 Å². The molecule has 2 nitrogen and oxygen atoms in total. The SMILES string of the molecule is C#CC(C)NCc1ccc(O)cc1. The van der Waals surface area contributed by atoms with Crippen molar-refractivity contribution in [2.24, 2.45) is 0 Å². The molecule has 0 spiro atoms. The lowest BCUT2D eigenvalue weighted by atomic mass is 10.2. The van der Waals surface area contributed by atoms with Crippen molar-refractivity contribution in [1.29, 1.82) is 0 Å². The first-order chi connectivity index (χ1) is 6.22. The van der Waals surface area contributed by atoms with E-state index in [1.54, 1.807) is 12.1 Å². The highest BCUT2D eigenvalue weighted by Gasteiger charge is 1.96. The molecule has 1 atom stereocenters. The van der Waals surface area contributed by atoms with E-state index in [1.165, 1.54) is 0 Å². The Balaban J connectivity index is 2.47. The second-order valence-corrected chi connectivity index (χ2v) is 2.94. The van der Waals surface area contributed by atoms with Crippen LogP contribution in [0.4, 0.5) is 0 Å². The molecule has 0 fully saturated rings. The molecule has 0 amide bonds. The van der Waals surface area contributed by atoms with Crippen molar-refractivity contribution in [2.75, 3.05) is 0 Å². The Hall–Kier alpha value is -1.46. The summed E-state index contributed by atoms with van der Waals surface area (Å²) in [5.74, 6) is 2.87. The Morgan fingerprint density at radius 3 is 2.62 bits per heavy atom. The summed E-state index contributed by atoms with van der Waals surface area (Å²) in [6.45, 7) is 2.66. The lowest BCUT2D eigenvalue weighted by Crippen LogP contribution is -2.23. The molecule has 1 rings (SSSR count). The lowest BCUT2D eigenvalue weighted by Gasteiger charge is -2.06. The molecule has 0 bridgehead atoms. The Bertz CT molecular complexity index is 297.